The summed E-state index contributed by atoms with van der Waals surface area (Å²) in [6.45, 7) is 8.16. The van der Waals surface area contributed by atoms with E-state index in [1.165, 1.54) is 6.42 Å². The van der Waals surface area contributed by atoms with Crippen molar-refractivity contribution in [2.24, 2.45) is 0 Å². The van der Waals surface area contributed by atoms with E-state index in [0.29, 0.717) is 0 Å². The van der Waals surface area contributed by atoms with Crippen LogP contribution in [0.4, 0.5) is 0 Å². The molecule has 2 heteroatoms. The maximum Gasteiger partial charge on any atom is 0.0271 e. The largest absolute Gasteiger partial charge is 0.388 e. The van der Waals surface area contributed by atoms with Gasteiger partial charge < -0.3 is 10.2 Å². The van der Waals surface area contributed by atoms with Gasteiger partial charge in [0.1, 0.15) is 0 Å². The molecule has 0 aliphatic rings. The Morgan fingerprint density at radius 2 is 2.09 bits per heavy atom. The van der Waals surface area contributed by atoms with Crippen LogP contribution < -0.4 is 5.32 Å². The molecule has 0 aliphatic carbocycles. The minimum absolute atomic E-state index is 1.01. The molecule has 0 spiro atoms. The van der Waals surface area contributed by atoms with Crippen molar-refractivity contribution in [3.63, 3.8) is 0 Å². The number of allylic oxidation sites excluding steroid dienone is 1. The van der Waals surface area contributed by atoms with Crippen LogP contribution in [0.5, 0.6) is 0 Å². The van der Waals surface area contributed by atoms with Gasteiger partial charge in [-0.2, -0.15) is 0 Å². The Kier molecular flexibility index (Phi) is 5.94. The topological polar surface area (TPSA) is 15.3 Å². The minimum Gasteiger partial charge on any atom is -0.388 e. The first kappa shape index (κ1) is 10.5. The Morgan fingerprint density at radius 1 is 1.45 bits per heavy atom. The highest BCUT2D eigenvalue weighted by atomic mass is 15.1. The molecular weight excluding hydrogens is 136 g/mol. The van der Waals surface area contributed by atoms with Gasteiger partial charge in [0.2, 0.25) is 0 Å². The van der Waals surface area contributed by atoms with Crippen LogP contribution in [0.3, 0.4) is 0 Å². The van der Waals surface area contributed by atoms with E-state index >= 15 is 0 Å². The van der Waals surface area contributed by atoms with E-state index in [-0.39, 0.29) is 0 Å². The van der Waals surface area contributed by atoms with Crippen molar-refractivity contribution in [3.05, 3.63) is 12.3 Å². The monoisotopic (exact) mass is 156 g/mol. The zero-order valence-electron chi connectivity index (χ0n) is 7.98. The van der Waals surface area contributed by atoms with Gasteiger partial charge in [0.15, 0.2) is 0 Å². The minimum atomic E-state index is 1.01. The molecule has 0 saturated carbocycles. The molecule has 0 aromatic heterocycles. The normalized spacial score (nSPS) is 10.2. The van der Waals surface area contributed by atoms with E-state index in [0.717, 1.165) is 25.2 Å². The zero-order valence-corrected chi connectivity index (χ0v) is 7.98. The van der Waals surface area contributed by atoms with Crippen LogP contribution >= 0.6 is 0 Å². The van der Waals surface area contributed by atoms with Crippen molar-refractivity contribution in [2.75, 3.05) is 27.2 Å². The van der Waals surface area contributed by atoms with Crippen molar-refractivity contribution in [1.29, 1.82) is 0 Å². The number of nitrogens with one attached hydrogen (secondary N) is 1. The fourth-order valence-corrected chi connectivity index (χ4v) is 0.846. The molecule has 2 nitrogen and oxygen atoms in total. The van der Waals surface area contributed by atoms with Gasteiger partial charge in [-0.3, -0.25) is 0 Å². The highest BCUT2D eigenvalue weighted by molar-refractivity contribution is 4.89. The molecular formula is C9H20N2. The number of hydrogen-bond acceptors (Lipinski definition) is 2. The number of nitrogens with zero attached hydrogens (tertiary/aromatic N) is 1. The van der Waals surface area contributed by atoms with E-state index in [1.807, 2.05) is 0 Å². The third-order valence-corrected chi connectivity index (χ3v) is 1.49. The summed E-state index contributed by atoms with van der Waals surface area (Å²) in [5.74, 6) is 0. The van der Waals surface area contributed by atoms with E-state index in [1.54, 1.807) is 0 Å². The first-order valence-electron chi connectivity index (χ1n) is 4.23. The number of likely N-dealkylation sites (N-methyl/N-ethyl adjacent to an activating group) is 1. The van der Waals surface area contributed by atoms with E-state index in [4.69, 9.17) is 0 Å². The second kappa shape index (κ2) is 6.23. The van der Waals surface area contributed by atoms with Gasteiger partial charge in [-0.05, 0) is 20.5 Å². The summed E-state index contributed by atoms with van der Waals surface area (Å²) in [7, 11) is 4.15. The van der Waals surface area contributed by atoms with Crippen LogP contribution in [-0.4, -0.2) is 32.1 Å². The summed E-state index contributed by atoms with van der Waals surface area (Å²) in [5, 5.41) is 3.28. The van der Waals surface area contributed by atoms with Gasteiger partial charge in [-0.1, -0.05) is 19.9 Å². The van der Waals surface area contributed by atoms with Crippen molar-refractivity contribution < 1.29 is 0 Å². The molecule has 0 rings (SSSR count). The highest BCUT2D eigenvalue weighted by Gasteiger charge is 1.91. The summed E-state index contributed by atoms with van der Waals surface area (Å²) in [4.78, 5) is 2.16. The van der Waals surface area contributed by atoms with Crippen LogP contribution in [0.1, 0.15) is 19.8 Å². The van der Waals surface area contributed by atoms with Gasteiger partial charge in [-0.15, -0.1) is 0 Å². The Labute approximate surface area is 70.3 Å². The summed E-state index contributed by atoms with van der Waals surface area (Å²) in [5.41, 5.74) is 1.16. The van der Waals surface area contributed by atoms with E-state index < -0.39 is 0 Å². The fourth-order valence-electron chi connectivity index (χ4n) is 0.846. The molecule has 11 heavy (non-hydrogen) atoms. The Balaban J connectivity index is 3.17. The first-order chi connectivity index (χ1) is 5.16. The number of hydrogen-bond donors (Lipinski definition) is 1. The summed E-state index contributed by atoms with van der Waals surface area (Å²) in [6, 6.07) is 0. The average Bonchev–Trinajstić information content (AvgIpc) is 1.87. The Hall–Kier alpha value is -0.500. The molecule has 0 saturated heterocycles. The van der Waals surface area contributed by atoms with Crippen molar-refractivity contribution in [1.82, 2.24) is 10.2 Å². The predicted molar refractivity (Wildman–Crippen MR) is 50.6 cm³/mol. The highest BCUT2D eigenvalue weighted by Crippen LogP contribution is 1.95. The molecule has 0 heterocycles. The molecule has 0 fully saturated rings. The van der Waals surface area contributed by atoms with Crippen molar-refractivity contribution in [3.8, 4) is 0 Å². The molecule has 0 unspecified atom stereocenters. The maximum absolute atomic E-state index is 3.91. The summed E-state index contributed by atoms with van der Waals surface area (Å²) in [6.07, 6.45) is 2.27. The van der Waals surface area contributed by atoms with Crippen LogP contribution in [0.15, 0.2) is 12.3 Å². The lowest BCUT2D eigenvalue weighted by atomic mass is 10.3. The van der Waals surface area contributed by atoms with E-state index in [9.17, 15) is 0 Å². The lowest BCUT2D eigenvalue weighted by Crippen LogP contribution is -2.25. The van der Waals surface area contributed by atoms with Crippen LogP contribution in [0.25, 0.3) is 0 Å². The lowest BCUT2D eigenvalue weighted by Gasteiger charge is -2.12. The van der Waals surface area contributed by atoms with Gasteiger partial charge in [0.05, 0.1) is 0 Å². The Morgan fingerprint density at radius 3 is 2.55 bits per heavy atom. The zero-order chi connectivity index (χ0) is 8.69. The number of rotatable bonds is 6. The molecule has 0 bridgehead atoms. The third kappa shape index (κ3) is 7.40. The van der Waals surface area contributed by atoms with Gasteiger partial charge in [0, 0.05) is 18.8 Å². The quantitative estimate of drug-likeness (QED) is 0.626. The van der Waals surface area contributed by atoms with Crippen LogP contribution in [-0.2, 0) is 0 Å². The average molecular weight is 156 g/mol. The van der Waals surface area contributed by atoms with E-state index in [2.05, 4.69) is 37.8 Å². The SMILES string of the molecule is C=C(CCC)NCCN(C)C. The molecule has 0 amide bonds. The smallest absolute Gasteiger partial charge is 0.0271 e. The molecule has 0 aliphatic heterocycles. The molecule has 66 valence electrons. The maximum atomic E-state index is 3.91. The lowest BCUT2D eigenvalue weighted by molar-refractivity contribution is 0.407. The van der Waals surface area contributed by atoms with Crippen LogP contribution in [0.2, 0.25) is 0 Å². The van der Waals surface area contributed by atoms with Crippen molar-refractivity contribution >= 4 is 0 Å². The molecule has 1 N–H and O–H groups in total. The standard InChI is InChI=1S/C9H20N2/c1-5-6-9(2)10-7-8-11(3)4/h10H,2,5-8H2,1,3-4H3. The molecule has 0 atom stereocenters. The molecule has 0 aromatic rings. The first-order valence-corrected chi connectivity index (χ1v) is 4.23. The second-order valence-corrected chi connectivity index (χ2v) is 3.08. The van der Waals surface area contributed by atoms with Gasteiger partial charge in [0.25, 0.3) is 0 Å². The predicted octanol–water partition coefficient (Wildman–Crippen LogP) is 1.45. The summed E-state index contributed by atoms with van der Waals surface area (Å²) >= 11 is 0. The van der Waals surface area contributed by atoms with Gasteiger partial charge in [-0.25, -0.2) is 0 Å². The summed E-state index contributed by atoms with van der Waals surface area (Å²) < 4.78 is 0. The third-order valence-electron chi connectivity index (χ3n) is 1.49. The van der Waals surface area contributed by atoms with Crippen LogP contribution in [0, 0.1) is 0 Å². The van der Waals surface area contributed by atoms with Gasteiger partial charge >= 0.3 is 0 Å². The molecule has 0 aromatic carbocycles. The Bertz CT molecular complexity index is 108. The fraction of sp³-hybridized carbons (Fsp3) is 0.778. The molecule has 0 radical (unpaired) electrons. The second-order valence-electron chi connectivity index (χ2n) is 3.08. The van der Waals surface area contributed by atoms with Crippen molar-refractivity contribution in [2.45, 2.75) is 19.8 Å².